The number of hydrogen-bond donors (Lipinski definition) is 4. The summed E-state index contributed by atoms with van der Waals surface area (Å²) >= 11 is 0. The molecule has 0 atom stereocenters. The zero-order valence-electron chi connectivity index (χ0n) is 17.8. The van der Waals surface area contributed by atoms with Crippen LogP contribution in [-0.4, -0.2) is 52.7 Å². The molecule has 0 aliphatic heterocycles. The Kier molecular flexibility index (Phi) is 9.63. The van der Waals surface area contributed by atoms with Crippen LogP contribution in [0.25, 0.3) is 0 Å². The highest BCUT2D eigenvalue weighted by Gasteiger charge is 2.19. The minimum absolute atomic E-state index is 0. The molecule has 2 aromatic rings. The lowest BCUT2D eigenvalue weighted by Crippen LogP contribution is -2.36. The summed E-state index contributed by atoms with van der Waals surface area (Å²) in [6, 6.07) is 7.28. The summed E-state index contributed by atoms with van der Waals surface area (Å²) in [6.45, 7) is 1.28. The van der Waals surface area contributed by atoms with Crippen molar-refractivity contribution < 1.29 is 26.5 Å². The molecule has 0 bridgehead atoms. The second-order valence-electron chi connectivity index (χ2n) is 6.83. The number of amides is 1. The smallest absolute Gasteiger partial charge is 0.275 e. The molecule has 34 heavy (non-hydrogen) atoms. The standard InChI is InChI=1S/C18H24N6O7S2.CH4/c1-12-3-8-15(17(26)24(12)11-16(25)21-9-10-31-22-18(19)20)23-33(29,30)14-6-4-13(5-7-14)32(2,27)28;/h3-8,23H,9-11H2,1-2H3,(H,21,25)(H4,19,20,22);1H4. The van der Waals surface area contributed by atoms with Gasteiger partial charge in [0.15, 0.2) is 9.84 Å². The molecule has 13 nitrogen and oxygen atoms in total. The van der Waals surface area contributed by atoms with E-state index in [1.165, 1.54) is 12.1 Å². The number of aryl methyl sites for hydroxylation is 1. The van der Waals surface area contributed by atoms with Crippen LogP contribution in [0.15, 0.2) is 56.1 Å². The fourth-order valence-corrected chi connectivity index (χ4v) is 4.26. The molecule has 0 radical (unpaired) electrons. The molecule has 1 amide bonds. The number of anilines is 1. The van der Waals surface area contributed by atoms with Gasteiger partial charge in [0, 0.05) is 11.9 Å². The summed E-state index contributed by atoms with van der Waals surface area (Å²) in [4.78, 5) is 29.4. The topological polar surface area (TPSA) is 205 Å². The first-order valence-corrected chi connectivity index (χ1v) is 12.7. The first kappa shape index (κ1) is 28.4. The van der Waals surface area contributed by atoms with Crippen LogP contribution in [0.5, 0.6) is 0 Å². The van der Waals surface area contributed by atoms with Crippen LogP contribution in [0.1, 0.15) is 13.1 Å². The van der Waals surface area contributed by atoms with Crippen molar-refractivity contribution in [3.8, 4) is 0 Å². The average molecular weight is 517 g/mol. The Bertz CT molecular complexity index is 1310. The Labute approximate surface area is 197 Å². The van der Waals surface area contributed by atoms with E-state index in [1.54, 1.807) is 6.92 Å². The van der Waals surface area contributed by atoms with Crippen LogP contribution in [0.3, 0.4) is 0 Å². The number of benzene rings is 1. The summed E-state index contributed by atoms with van der Waals surface area (Å²) in [6.07, 6.45) is 0.997. The number of nitrogens with two attached hydrogens (primary N) is 2. The van der Waals surface area contributed by atoms with Crippen molar-refractivity contribution >= 4 is 37.4 Å². The highest BCUT2D eigenvalue weighted by atomic mass is 32.2. The van der Waals surface area contributed by atoms with Gasteiger partial charge in [-0.25, -0.2) is 16.8 Å². The SMILES string of the molecule is C.Cc1ccc(NS(=O)(=O)c2ccc(S(C)(=O)=O)cc2)c(=O)n1CC(=O)NCCON=C(N)N. The first-order chi connectivity index (χ1) is 15.3. The van der Waals surface area contributed by atoms with Gasteiger partial charge >= 0.3 is 0 Å². The Hall–Kier alpha value is -3.59. The zero-order valence-corrected chi connectivity index (χ0v) is 19.4. The summed E-state index contributed by atoms with van der Waals surface area (Å²) < 4.78 is 51.7. The largest absolute Gasteiger partial charge is 0.391 e. The van der Waals surface area contributed by atoms with Gasteiger partial charge in [-0.1, -0.05) is 7.43 Å². The first-order valence-electron chi connectivity index (χ1n) is 9.32. The quantitative estimate of drug-likeness (QED) is 0.136. The van der Waals surface area contributed by atoms with Gasteiger partial charge in [-0.15, -0.1) is 0 Å². The number of oxime groups is 1. The maximum atomic E-state index is 12.8. The van der Waals surface area contributed by atoms with Crippen LogP contribution < -0.4 is 27.1 Å². The predicted molar refractivity (Wildman–Crippen MR) is 127 cm³/mol. The van der Waals surface area contributed by atoms with Crippen molar-refractivity contribution in [2.45, 2.75) is 30.7 Å². The van der Waals surface area contributed by atoms with Crippen LogP contribution in [0.4, 0.5) is 5.69 Å². The van der Waals surface area contributed by atoms with E-state index in [2.05, 4.69) is 15.2 Å². The van der Waals surface area contributed by atoms with E-state index in [1.807, 2.05) is 0 Å². The lowest BCUT2D eigenvalue weighted by Gasteiger charge is -2.13. The minimum atomic E-state index is -4.19. The molecule has 0 saturated heterocycles. The lowest BCUT2D eigenvalue weighted by molar-refractivity contribution is -0.122. The molecule has 0 unspecified atom stereocenters. The minimum Gasteiger partial charge on any atom is -0.391 e. The van der Waals surface area contributed by atoms with Crippen molar-refractivity contribution in [2.24, 2.45) is 16.6 Å². The molecule has 0 saturated carbocycles. The van der Waals surface area contributed by atoms with Gasteiger partial charge in [0.1, 0.15) is 18.8 Å². The monoisotopic (exact) mass is 516 g/mol. The third-order valence-corrected chi connectivity index (χ3v) is 6.70. The second-order valence-corrected chi connectivity index (χ2v) is 10.5. The van der Waals surface area contributed by atoms with Gasteiger partial charge in [-0.2, -0.15) is 0 Å². The zero-order chi connectivity index (χ0) is 24.8. The molecule has 0 fully saturated rings. The van der Waals surface area contributed by atoms with Gasteiger partial charge in [0.2, 0.25) is 11.9 Å². The van der Waals surface area contributed by atoms with E-state index in [-0.39, 0.29) is 48.6 Å². The molecule has 0 spiro atoms. The molecule has 0 aliphatic carbocycles. The van der Waals surface area contributed by atoms with Crippen molar-refractivity contribution in [3.05, 3.63) is 52.4 Å². The third kappa shape index (κ3) is 7.77. The summed E-state index contributed by atoms with van der Waals surface area (Å²) in [7, 11) is -7.69. The molecule has 1 aromatic heterocycles. The van der Waals surface area contributed by atoms with E-state index in [0.29, 0.717) is 5.69 Å². The Morgan fingerprint density at radius 2 is 1.65 bits per heavy atom. The van der Waals surface area contributed by atoms with Crippen molar-refractivity contribution in [1.82, 2.24) is 9.88 Å². The van der Waals surface area contributed by atoms with E-state index >= 15 is 0 Å². The molecular formula is C19H28N6O7S2. The number of guanidine groups is 1. The number of hydrogen-bond acceptors (Lipinski definition) is 8. The number of sulfonamides is 1. The van der Waals surface area contributed by atoms with Crippen molar-refractivity contribution in [3.63, 3.8) is 0 Å². The van der Waals surface area contributed by atoms with Gasteiger partial charge in [0.25, 0.3) is 15.6 Å². The molecule has 1 aromatic carbocycles. The fraction of sp³-hybridized carbons (Fsp3) is 0.316. The predicted octanol–water partition coefficient (Wildman–Crippen LogP) is -0.682. The van der Waals surface area contributed by atoms with E-state index < -0.39 is 31.3 Å². The van der Waals surface area contributed by atoms with Gasteiger partial charge in [0.05, 0.1) is 16.3 Å². The molecule has 15 heteroatoms. The number of carbonyl (C=O) groups excluding carboxylic acids is 1. The average Bonchev–Trinajstić information content (AvgIpc) is 2.72. The molecule has 0 aliphatic rings. The van der Waals surface area contributed by atoms with Crippen LogP contribution >= 0.6 is 0 Å². The normalized spacial score (nSPS) is 11.1. The van der Waals surface area contributed by atoms with Gasteiger partial charge in [-0.3, -0.25) is 14.3 Å². The molecule has 2 rings (SSSR count). The number of nitrogens with one attached hydrogen (secondary N) is 2. The number of nitrogens with zero attached hydrogens (tertiary/aromatic N) is 2. The van der Waals surface area contributed by atoms with E-state index in [9.17, 15) is 26.4 Å². The van der Waals surface area contributed by atoms with E-state index in [0.717, 1.165) is 35.1 Å². The van der Waals surface area contributed by atoms with Gasteiger partial charge in [-0.05, 0) is 48.5 Å². The number of rotatable bonds is 10. The Balaban J connectivity index is 0.00000578. The highest BCUT2D eigenvalue weighted by Crippen LogP contribution is 2.17. The van der Waals surface area contributed by atoms with Crippen LogP contribution in [0.2, 0.25) is 0 Å². The summed E-state index contributed by atoms with van der Waals surface area (Å²) in [5, 5.41) is 5.80. The van der Waals surface area contributed by atoms with Crippen LogP contribution in [0, 0.1) is 6.92 Å². The molecule has 6 N–H and O–H groups in total. The number of pyridine rings is 1. The number of carbonyl (C=O) groups is 1. The lowest BCUT2D eigenvalue weighted by atomic mass is 10.3. The molecule has 1 heterocycles. The fourth-order valence-electron chi connectivity index (χ4n) is 2.57. The highest BCUT2D eigenvalue weighted by molar-refractivity contribution is 7.92. The maximum Gasteiger partial charge on any atom is 0.275 e. The van der Waals surface area contributed by atoms with Gasteiger partial charge < -0.3 is 26.2 Å². The van der Waals surface area contributed by atoms with E-state index in [4.69, 9.17) is 16.3 Å². The third-order valence-electron chi connectivity index (χ3n) is 4.19. The molecular weight excluding hydrogens is 488 g/mol. The number of sulfone groups is 1. The Morgan fingerprint density at radius 1 is 1.06 bits per heavy atom. The maximum absolute atomic E-state index is 12.8. The summed E-state index contributed by atoms with van der Waals surface area (Å²) in [5.74, 6) is -0.793. The van der Waals surface area contributed by atoms with Crippen LogP contribution in [-0.2, 0) is 36.0 Å². The van der Waals surface area contributed by atoms with Crippen molar-refractivity contribution in [2.75, 3.05) is 24.1 Å². The number of aromatic nitrogens is 1. The Morgan fingerprint density at radius 3 is 2.21 bits per heavy atom. The second kappa shape index (κ2) is 11.5. The molecule has 188 valence electrons. The van der Waals surface area contributed by atoms with Crippen molar-refractivity contribution in [1.29, 1.82) is 0 Å². The summed E-state index contributed by atoms with van der Waals surface area (Å²) in [5.41, 5.74) is 9.59.